The third kappa shape index (κ3) is 3.01. The van der Waals surface area contributed by atoms with Gasteiger partial charge in [0.1, 0.15) is 5.69 Å². The molecule has 1 aliphatic carbocycles. The largest absolute Gasteiger partial charge is 0.477 e. The van der Waals surface area contributed by atoms with E-state index in [2.05, 4.69) is 10.3 Å². The van der Waals surface area contributed by atoms with E-state index < -0.39 is 5.97 Å². The second-order valence-electron chi connectivity index (χ2n) is 4.58. The lowest BCUT2D eigenvalue weighted by Crippen LogP contribution is -2.26. The second-order valence-corrected chi connectivity index (χ2v) is 4.58. The highest BCUT2D eigenvalue weighted by molar-refractivity contribution is 5.85. The van der Waals surface area contributed by atoms with Gasteiger partial charge in [-0.15, -0.1) is 0 Å². The molecular weight excluding hydrogens is 220 g/mol. The van der Waals surface area contributed by atoms with Gasteiger partial charge < -0.3 is 15.5 Å². The number of aromatic nitrogens is 1. The fourth-order valence-electron chi connectivity index (χ4n) is 1.72. The van der Waals surface area contributed by atoms with E-state index in [0.717, 1.165) is 19.4 Å². The van der Waals surface area contributed by atoms with E-state index in [1.54, 1.807) is 12.1 Å². The standard InChI is InChI=1S/C12H16N2O3/c15-8-12(4-5-12)7-13-6-9-2-1-3-10(14-9)11(16)17/h1-3,13,15H,4-8H2,(H,16,17). The molecule has 0 unspecified atom stereocenters. The topological polar surface area (TPSA) is 82.5 Å². The number of nitrogens with zero attached hydrogens (tertiary/aromatic N) is 1. The van der Waals surface area contributed by atoms with Gasteiger partial charge in [-0.3, -0.25) is 0 Å². The molecule has 1 aromatic rings. The molecule has 0 radical (unpaired) electrons. The molecule has 1 aromatic heterocycles. The predicted molar refractivity (Wildman–Crippen MR) is 61.7 cm³/mol. The van der Waals surface area contributed by atoms with Gasteiger partial charge in [0.2, 0.25) is 0 Å². The van der Waals surface area contributed by atoms with Crippen LogP contribution in [0.25, 0.3) is 0 Å². The van der Waals surface area contributed by atoms with Crippen LogP contribution in [0.3, 0.4) is 0 Å². The minimum atomic E-state index is -1.01. The van der Waals surface area contributed by atoms with Crippen LogP contribution in [0.4, 0.5) is 0 Å². The fraction of sp³-hybridized carbons (Fsp3) is 0.500. The van der Waals surface area contributed by atoms with Crippen molar-refractivity contribution in [3.8, 4) is 0 Å². The van der Waals surface area contributed by atoms with Gasteiger partial charge in [0.05, 0.1) is 5.69 Å². The minimum absolute atomic E-state index is 0.0599. The maximum Gasteiger partial charge on any atom is 0.354 e. The number of aliphatic hydroxyl groups excluding tert-OH is 1. The number of nitrogens with one attached hydrogen (secondary N) is 1. The lowest BCUT2D eigenvalue weighted by Gasteiger charge is -2.12. The van der Waals surface area contributed by atoms with Crippen molar-refractivity contribution in [3.05, 3.63) is 29.6 Å². The SMILES string of the molecule is O=C(O)c1cccc(CNCC2(CO)CC2)n1. The van der Waals surface area contributed by atoms with Crippen molar-refractivity contribution < 1.29 is 15.0 Å². The Bertz CT molecular complexity index is 416. The van der Waals surface area contributed by atoms with E-state index in [4.69, 9.17) is 10.2 Å². The van der Waals surface area contributed by atoms with Gasteiger partial charge in [-0.25, -0.2) is 9.78 Å². The van der Waals surface area contributed by atoms with Crippen LogP contribution in [-0.2, 0) is 6.54 Å². The summed E-state index contributed by atoms with van der Waals surface area (Å²) in [5.41, 5.74) is 0.830. The summed E-state index contributed by atoms with van der Waals surface area (Å²) in [5.74, 6) is -1.01. The summed E-state index contributed by atoms with van der Waals surface area (Å²) in [6.07, 6.45) is 2.11. The number of aromatic carboxylic acids is 1. The van der Waals surface area contributed by atoms with Crippen molar-refractivity contribution in [2.75, 3.05) is 13.2 Å². The monoisotopic (exact) mass is 236 g/mol. The number of pyridine rings is 1. The molecule has 0 amide bonds. The molecule has 0 aliphatic heterocycles. The van der Waals surface area contributed by atoms with Crippen molar-refractivity contribution in [1.29, 1.82) is 0 Å². The first-order valence-electron chi connectivity index (χ1n) is 5.66. The molecule has 1 heterocycles. The van der Waals surface area contributed by atoms with Crippen LogP contribution in [0.5, 0.6) is 0 Å². The molecule has 92 valence electrons. The highest BCUT2D eigenvalue weighted by Crippen LogP contribution is 2.44. The first kappa shape index (κ1) is 12.0. The molecule has 0 aromatic carbocycles. The normalized spacial score (nSPS) is 16.8. The molecule has 17 heavy (non-hydrogen) atoms. The number of rotatable bonds is 6. The van der Waals surface area contributed by atoms with E-state index >= 15 is 0 Å². The number of carbonyl (C=O) groups is 1. The molecule has 3 N–H and O–H groups in total. The highest BCUT2D eigenvalue weighted by Gasteiger charge is 2.41. The van der Waals surface area contributed by atoms with Crippen molar-refractivity contribution in [3.63, 3.8) is 0 Å². The zero-order chi connectivity index (χ0) is 12.3. The smallest absolute Gasteiger partial charge is 0.354 e. The molecule has 1 aliphatic rings. The Kier molecular flexibility index (Phi) is 3.40. The van der Waals surface area contributed by atoms with Gasteiger partial charge in [0, 0.05) is 25.1 Å². The van der Waals surface area contributed by atoms with Crippen LogP contribution in [-0.4, -0.2) is 34.3 Å². The summed E-state index contributed by atoms with van der Waals surface area (Å²) < 4.78 is 0. The van der Waals surface area contributed by atoms with Crippen molar-refractivity contribution in [2.45, 2.75) is 19.4 Å². The quantitative estimate of drug-likeness (QED) is 0.675. The van der Waals surface area contributed by atoms with Crippen LogP contribution in [0.1, 0.15) is 29.0 Å². The Balaban J connectivity index is 1.86. The van der Waals surface area contributed by atoms with Crippen molar-refractivity contribution in [1.82, 2.24) is 10.3 Å². The van der Waals surface area contributed by atoms with Crippen LogP contribution < -0.4 is 5.32 Å². The van der Waals surface area contributed by atoms with E-state index in [1.807, 2.05) is 0 Å². The Morgan fingerprint density at radius 1 is 1.47 bits per heavy atom. The third-order valence-electron chi connectivity index (χ3n) is 3.12. The van der Waals surface area contributed by atoms with Gasteiger partial charge in [-0.05, 0) is 25.0 Å². The summed E-state index contributed by atoms with van der Waals surface area (Å²) in [6.45, 7) is 1.49. The van der Waals surface area contributed by atoms with Gasteiger partial charge in [-0.2, -0.15) is 0 Å². The van der Waals surface area contributed by atoms with Crippen LogP contribution in [0.15, 0.2) is 18.2 Å². The van der Waals surface area contributed by atoms with E-state index in [9.17, 15) is 4.79 Å². The lowest BCUT2D eigenvalue weighted by molar-refractivity contribution is 0.0690. The summed E-state index contributed by atoms with van der Waals surface area (Å²) in [4.78, 5) is 14.7. The summed E-state index contributed by atoms with van der Waals surface area (Å²) in [5, 5.41) is 21.1. The molecule has 0 atom stereocenters. The molecule has 0 spiro atoms. The third-order valence-corrected chi connectivity index (χ3v) is 3.12. The van der Waals surface area contributed by atoms with Crippen molar-refractivity contribution >= 4 is 5.97 Å². The van der Waals surface area contributed by atoms with Crippen LogP contribution in [0, 0.1) is 5.41 Å². The Hall–Kier alpha value is -1.46. The summed E-state index contributed by atoms with van der Waals surface area (Å²) >= 11 is 0. The molecule has 1 saturated carbocycles. The zero-order valence-electron chi connectivity index (χ0n) is 9.52. The maximum absolute atomic E-state index is 10.7. The molecule has 1 fully saturated rings. The van der Waals surface area contributed by atoms with Gasteiger partial charge in [0.25, 0.3) is 0 Å². The number of carboxylic acids is 1. The number of carboxylic acid groups (broad SMARTS) is 1. The molecule has 0 bridgehead atoms. The van der Waals surface area contributed by atoms with Gasteiger partial charge in [0.15, 0.2) is 0 Å². The molecule has 5 nitrogen and oxygen atoms in total. The number of hydrogen-bond donors (Lipinski definition) is 3. The number of aliphatic hydroxyl groups is 1. The van der Waals surface area contributed by atoms with Gasteiger partial charge >= 0.3 is 5.97 Å². The Morgan fingerprint density at radius 3 is 2.82 bits per heavy atom. The molecule has 5 heteroatoms. The van der Waals surface area contributed by atoms with Crippen molar-refractivity contribution in [2.24, 2.45) is 5.41 Å². The summed E-state index contributed by atoms with van der Waals surface area (Å²) in [7, 11) is 0. The van der Waals surface area contributed by atoms with E-state index in [1.165, 1.54) is 6.07 Å². The molecule has 0 saturated heterocycles. The Morgan fingerprint density at radius 2 is 2.24 bits per heavy atom. The maximum atomic E-state index is 10.7. The first-order valence-corrected chi connectivity index (χ1v) is 5.66. The predicted octanol–water partition coefficient (Wildman–Crippen LogP) is 0.642. The zero-order valence-corrected chi connectivity index (χ0v) is 9.52. The summed E-state index contributed by atoms with van der Waals surface area (Å²) in [6, 6.07) is 4.95. The molecule has 2 rings (SSSR count). The fourth-order valence-corrected chi connectivity index (χ4v) is 1.72. The molecular formula is C12H16N2O3. The van der Waals surface area contributed by atoms with E-state index in [-0.39, 0.29) is 17.7 Å². The second kappa shape index (κ2) is 4.81. The van der Waals surface area contributed by atoms with Crippen LogP contribution >= 0.6 is 0 Å². The highest BCUT2D eigenvalue weighted by atomic mass is 16.4. The van der Waals surface area contributed by atoms with E-state index in [0.29, 0.717) is 12.2 Å². The first-order chi connectivity index (χ1) is 8.15. The lowest BCUT2D eigenvalue weighted by atomic mass is 10.1. The average Bonchev–Trinajstić information content (AvgIpc) is 3.10. The Labute approximate surface area is 99.5 Å². The average molecular weight is 236 g/mol. The van der Waals surface area contributed by atoms with Crippen LogP contribution in [0.2, 0.25) is 0 Å². The minimum Gasteiger partial charge on any atom is -0.477 e. The van der Waals surface area contributed by atoms with Gasteiger partial charge in [-0.1, -0.05) is 6.07 Å². The number of hydrogen-bond acceptors (Lipinski definition) is 4.